The maximum Gasteiger partial charge on any atom is 0.328 e. The Morgan fingerprint density at radius 3 is 2.60 bits per heavy atom. The highest BCUT2D eigenvalue weighted by atomic mass is 32.2. The highest BCUT2D eigenvalue weighted by Crippen LogP contribution is 2.20. The molecule has 0 aliphatic heterocycles. The fourth-order valence-corrected chi connectivity index (χ4v) is 4.07. The first-order chi connectivity index (χ1) is 11.8. The summed E-state index contributed by atoms with van der Waals surface area (Å²) in [7, 11) is -2.40. The Bertz CT molecular complexity index is 728. The Morgan fingerprint density at radius 2 is 2.00 bits per heavy atom. The largest absolute Gasteiger partial charge is 0.480 e. The molecule has 0 saturated heterocycles. The summed E-state index contributed by atoms with van der Waals surface area (Å²) in [5.74, 6) is -1.91. The summed E-state index contributed by atoms with van der Waals surface area (Å²) in [6, 6.07) is 4.21. The number of aliphatic carboxylic acids is 1. The zero-order valence-corrected chi connectivity index (χ0v) is 14.7. The molecule has 25 heavy (non-hydrogen) atoms. The Hall–Kier alpha value is -1.97. The van der Waals surface area contributed by atoms with Crippen molar-refractivity contribution in [3.63, 3.8) is 0 Å². The van der Waals surface area contributed by atoms with Crippen LogP contribution in [0.3, 0.4) is 0 Å². The Balaban J connectivity index is 2.14. The van der Waals surface area contributed by atoms with Crippen molar-refractivity contribution in [3.05, 3.63) is 29.8 Å². The zero-order chi connectivity index (χ0) is 18.4. The van der Waals surface area contributed by atoms with E-state index in [0.717, 1.165) is 25.7 Å². The number of rotatable bonds is 8. The summed E-state index contributed by atoms with van der Waals surface area (Å²) in [6.07, 6.45) is 3.59. The molecule has 0 bridgehead atoms. The number of carboxylic acids is 1. The number of nitrogens with one attached hydrogen (secondary N) is 2. The van der Waals surface area contributed by atoms with Gasteiger partial charge in [0.2, 0.25) is 10.0 Å². The van der Waals surface area contributed by atoms with Crippen molar-refractivity contribution >= 4 is 21.9 Å². The van der Waals surface area contributed by atoms with E-state index in [9.17, 15) is 18.0 Å². The van der Waals surface area contributed by atoms with Crippen molar-refractivity contribution in [2.24, 2.45) is 0 Å². The molecular formula is C16H22N2O6S. The molecule has 138 valence electrons. The van der Waals surface area contributed by atoms with Gasteiger partial charge in [0.05, 0.1) is 11.5 Å². The van der Waals surface area contributed by atoms with Gasteiger partial charge in [-0.1, -0.05) is 18.9 Å². The van der Waals surface area contributed by atoms with Gasteiger partial charge in [-0.05, 0) is 31.0 Å². The molecule has 1 aliphatic carbocycles. The van der Waals surface area contributed by atoms with E-state index >= 15 is 0 Å². The smallest absolute Gasteiger partial charge is 0.328 e. The Kier molecular flexibility index (Phi) is 6.51. The van der Waals surface area contributed by atoms with Crippen LogP contribution in [0.2, 0.25) is 0 Å². The second-order valence-corrected chi connectivity index (χ2v) is 7.66. The number of hydrogen-bond donors (Lipinski definition) is 3. The van der Waals surface area contributed by atoms with Crippen LogP contribution in [0.15, 0.2) is 29.2 Å². The van der Waals surface area contributed by atoms with E-state index in [1.807, 2.05) is 0 Å². The molecular weight excluding hydrogens is 348 g/mol. The number of sulfonamides is 1. The van der Waals surface area contributed by atoms with Gasteiger partial charge in [-0.25, -0.2) is 17.9 Å². The predicted molar refractivity (Wildman–Crippen MR) is 89.8 cm³/mol. The average Bonchev–Trinajstić information content (AvgIpc) is 3.06. The number of ether oxygens (including phenoxy) is 1. The van der Waals surface area contributed by atoms with Crippen LogP contribution in [0.1, 0.15) is 36.0 Å². The topological polar surface area (TPSA) is 122 Å². The molecule has 0 aromatic heterocycles. The highest BCUT2D eigenvalue weighted by Gasteiger charge is 2.25. The van der Waals surface area contributed by atoms with Crippen LogP contribution in [0.5, 0.6) is 0 Å². The highest BCUT2D eigenvalue weighted by molar-refractivity contribution is 7.89. The molecule has 0 radical (unpaired) electrons. The molecule has 1 aromatic carbocycles. The SMILES string of the molecule is COCC(NC(=O)c1cccc(S(=O)(=O)NC2CCCC2)c1)C(=O)O. The fourth-order valence-electron chi connectivity index (χ4n) is 2.72. The lowest BCUT2D eigenvalue weighted by atomic mass is 10.2. The summed E-state index contributed by atoms with van der Waals surface area (Å²) >= 11 is 0. The molecule has 0 heterocycles. The number of hydrogen-bond acceptors (Lipinski definition) is 5. The molecule has 8 nitrogen and oxygen atoms in total. The van der Waals surface area contributed by atoms with E-state index in [1.54, 1.807) is 0 Å². The van der Waals surface area contributed by atoms with Gasteiger partial charge in [0.15, 0.2) is 6.04 Å². The summed E-state index contributed by atoms with van der Waals surface area (Å²) in [4.78, 5) is 23.3. The molecule has 1 aliphatic rings. The average molecular weight is 370 g/mol. The van der Waals surface area contributed by atoms with Gasteiger partial charge in [0, 0.05) is 18.7 Å². The minimum absolute atomic E-state index is 0.0225. The number of carbonyl (C=O) groups excluding carboxylic acids is 1. The van der Waals surface area contributed by atoms with Gasteiger partial charge in [0.1, 0.15) is 0 Å². The van der Waals surface area contributed by atoms with Crippen LogP contribution in [0.25, 0.3) is 0 Å². The number of amides is 1. The predicted octanol–water partition coefficient (Wildman–Crippen LogP) is 0.737. The standard InChI is InChI=1S/C16H22N2O6S/c1-24-10-14(16(20)21)17-15(19)11-5-4-8-13(9-11)25(22,23)18-12-6-2-3-7-12/h4-5,8-9,12,14,18H,2-3,6-7,10H2,1H3,(H,17,19)(H,20,21). The van der Waals surface area contributed by atoms with E-state index in [1.165, 1.54) is 31.4 Å². The number of carboxylic acid groups (broad SMARTS) is 1. The maximum atomic E-state index is 12.4. The lowest BCUT2D eigenvalue weighted by molar-refractivity contribution is -0.140. The van der Waals surface area contributed by atoms with Crippen LogP contribution in [-0.2, 0) is 19.6 Å². The van der Waals surface area contributed by atoms with Gasteiger partial charge >= 0.3 is 5.97 Å². The Morgan fingerprint density at radius 1 is 1.32 bits per heavy atom. The number of benzene rings is 1. The molecule has 1 amide bonds. The number of carbonyl (C=O) groups is 2. The first-order valence-electron chi connectivity index (χ1n) is 7.98. The molecule has 1 saturated carbocycles. The summed E-state index contributed by atoms with van der Waals surface area (Å²) in [5, 5.41) is 11.3. The van der Waals surface area contributed by atoms with E-state index in [4.69, 9.17) is 9.84 Å². The first kappa shape index (κ1) is 19.4. The van der Waals surface area contributed by atoms with Gasteiger partial charge in [-0.15, -0.1) is 0 Å². The van der Waals surface area contributed by atoms with Gasteiger partial charge in [-0.2, -0.15) is 0 Å². The maximum absolute atomic E-state index is 12.4. The molecule has 2 rings (SSSR count). The minimum atomic E-state index is -3.73. The van der Waals surface area contributed by atoms with Crippen LogP contribution < -0.4 is 10.0 Å². The monoisotopic (exact) mass is 370 g/mol. The molecule has 1 fully saturated rings. The van der Waals surface area contributed by atoms with Crippen molar-refractivity contribution in [1.29, 1.82) is 0 Å². The van der Waals surface area contributed by atoms with E-state index < -0.39 is 27.9 Å². The lowest BCUT2D eigenvalue weighted by Crippen LogP contribution is -2.43. The second-order valence-electron chi connectivity index (χ2n) is 5.95. The van der Waals surface area contributed by atoms with Crippen LogP contribution in [0.4, 0.5) is 0 Å². The van der Waals surface area contributed by atoms with Crippen molar-refractivity contribution in [2.75, 3.05) is 13.7 Å². The summed E-state index contributed by atoms with van der Waals surface area (Å²) < 4.78 is 32.3. The van der Waals surface area contributed by atoms with Crippen molar-refractivity contribution in [3.8, 4) is 0 Å². The quantitative estimate of drug-likeness (QED) is 0.620. The third-order valence-corrected chi connectivity index (χ3v) is 5.54. The van der Waals surface area contributed by atoms with Gasteiger partial charge < -0.3 is 15.2 Å². The number of methoxy groups -OCH3 is 1. The fraction of sp³-hybridized carbons (Fsp3) is 0.500. The molecule has 3 N–H and O–H groups in total. The summed E-state index contributed by atoms with van der Waals surface area (Å²) in [6.45, 7) is -0.192. The molecule has 0 spiro atoms. The van der Waals surface area contributed by atoms with Crippen molar-refractivity contribution in [2.45, 2.75) is 42.7 Å². The lowest BCUT2D eigenvalue weighted by Gasteiger charge is -2.15. The van der Waals surface area contributed by atoms with Crippen LogP contribution >= 0.6 is 0 Å². The van der Waals surface area contributed by atoms with E-state index in [-0.39, 0.29) is 23.1 Å². The van der Waals surface area contributed by atoms with Crippen LogP contribution in [-0.4, -0.2) is 51.2 Å². The zero-order valence-electron chi connectivity index (χ0n) is 13.9. The van der Waals surface area contributed by atoms with Crippen LogP contribution in [0, 0.1) is 0 Å². The van der Waals surface area contributed by atoms with Crippen molar-refractivity contribution in [1.82, 2.24) is 10.0 Å². The minimum Gasteiger partial charge on any atom is -0.480 e. The summed E-state index contributed by atoms with van der Waals surface area (Å²) in [5.41, 5.74) is 0.0663. The molecule has 1 unspecified atom stereocenters. The molecule has 1 aromatic rings. The molecule has 9 heteroatoms. The van der Waals surface area contributed by atoms with Gasteiger partial charge in [0.25, 0.3) is 5.91 Å². The van der Waals surface area contributed by atoms with Crippen molar-refractivity contribution < 1.29 is 27.9 Å². The normalized spacial score (nSPS) is 16.5. The third kappa shape index (κ3) is 5.25. The molecule has 1 atom stereocenters. The van der Waals surface area contributed by atoms with E-state index in [2.05, 4.69) is 10.0 Å². The third-order valence-electron chi connectivity index (χ3n) is 4.02. The second kappa shape index (κ2) is 8.41. The van der Waals surface area contributed by atoms with E-state index in [0.29, 0.717) is 0 Å². The first-order valence-corrected chi connectivity index (χ1v) is 9.47. The Labute approximate surface area is 146 Å². The van der Waals surface area contributed by atoms with Gasteiger partial charge in [-0.3, -0.25) is 4.79 Å².